The van der Waals surface area contributed by atoms with Crippen LogP contribution in [-0.2, 0) is 9.63 Å². The summed E-state index contributed by atoms with van der Waals surface area (Å²) >= 11 is 0. The predicted molar refractivity (Wildman–Crippen MR) is 54.4 cm³/mol. The van der Waals surface area contributed by atoms with Crippen molar-refractivity contribution in [2.24, 2.45) is 5.73 Å². The second kappa shape index (κ2) is 4.28. The van der Waals surface area contributed by atoms with Gasteiger partial charge in [-0.3, -0.25) is 9.63 Å². The van der Waals surface area contributed by atoms with Gasteiger partial charge in [0, 0.05) is 6.54 Å². The van der Waals surface area contributed by atoms with Crippen LogP contribution in [0.5, 0.6) is 0 Å². The molecule has 1 atom stereocenters. The highest BCUT2D eigenvalue weighted by atomic mass is 16.7. The van der Waals surface area contributed by atoms with Gasteiger partial charge >= 0.3 is 0 Å². The summed E-state index contributed by atoms with van der Waals surface area (Å²) < 4.78 is 0. The molecule has 1 rings (SSSR count). The van der Waals surface area contributed by atoms with Gasteiger partial charge in [0.05, 0.1) is 5.60 Å². The lowest BCUT2D eigenvalue weighted by Gasteiger charge is -2.37. The van der Waals surface area contributed by atoms with Gasteiger partial charge in [0.25, 0.3) is 0 Å². The number of piperidine rings is 1. The third-order valence-corrected chi connectivity index (χ3v) is 2.17. The molecule has 4 heteroatoms. The zero-order chi connectivity index (χ0) is 10.8. The predicted octanol–water partition coefficient (Wildman–Crippen LogP) is 1.06. The molecule has 0 saturated carbocycles. The number of amides is 1. The van der Waals surface area contributed by atoms with Crippen LogP contribution >= 0.6 is 0 Å². The molecule has 2 N–H and O–H groups in total. The third kappa shape index (κ3) is 3.27. The van der Waals surface area contributed by atoms with Gasteiger partial charge in [0.1, 0.15) is 6.04 Å². The average molecular weight is 200 g/mol. The Morgan fingerprint density at radius 2 is 2.07 bits per heavy atom. The molecule has 0 radical (unpaired) electrons. The first-order valence-electron chi connectivity index (χ1n) is 5.15. The van der Waals surface area contributed by atoms with Crippen molar-refractivity contribution in [3.8, 4) is 0 Å². The van der Waals surface area contributed by atoms with E-state index in [0.717, 1.165) is 25.8 Å². The van der Waals surface area contributed by atoms with Gasteiger partial charge in [-0.1, -0.05) is 0 Å². The first-order chi connectivity index (χ1) is 6.40. The van der Waals surface area contributed by atoms with Gasteiger partial charge in [-0.2, -0.15) is 5.06 Å². The molecular weight excluding hydrogens is 180 g/mol. The molecule has 1 aliphatic heterocycles. The summed E-state index contributed by atoms with van der Waals surface area (Å²) in [6.07, 6.45) is 2.93. The minimum Gasteiger partial charge on any atom is -0.368 e. The largest absolute Gasteiger partial charge is 0.368 e. The summed E-state index contributed by atoms with van der Waals surface area (Å²) in [5.41, 5.74) is 5.06. The molecule has 1 amide bonds. The summed E-state index contributed by atoms with van der Waals surface area (Å²) in [6, 6.07) is -0.247. The summed E-state index contributed by atoms with van der Waals surface area (Å²) in [5, 5.41) is 1.74. The number of hydrogen-bond acceptors (Lipinski definition) is 3. The topological polar surface area (TPSA) is 55.6 Å². The SMILES string of the molecule is CC(C)(C)ON1CCCCC1C(N)=O. The number of primary amides is 1. The fourth-order valence-corrected chi connectivity index (χ4v) is 1.65. The summed E-state index contributed by atoms with van der Waals surface area (Å²) in [6.45, 7) is 6.71. The van der Waals surface area contributed by atoms with Crippen LogP contribution in [0.25, 0.3) is 0 Å². The molecule has 0 aliphatic carbocycles. The Morgan fingerprint density at radius 3 is 2.57 bits per heavy atom. The Labute approximate surface area is 85.3 Å². The van der Waals surface area contributed by atoms with Crippen molar-refractivity contribution in [3.63, 3.8) is 0 Å². The molecule has 1 heterocycles. The van der Waals surface area contributed by atoms with E-state index in [-0.39, 0.29) is 17.6 Å². The maximum absolute atomic E-state index is 11.2. The number of hydroxylamine groups is 2. The molecule has 1 unspecified atom stereocenters. The molecule has 0 aromatic heterocycles. The van der Waals surface area contributed by atoms with Crippen molar-refractivity contribution < 1.29 is 9.63 Å². The first kappa shape index (κ1) is 11.5. The molecule has 14 heavy (non-hydrogen) atoms. The van der Waals surface area contributed by atoms with Gasteiger partial charge in [0.15, 0.2) is 0 Å². The highest BCUT2D eigenvalue weighted by Crippen LogP contribution is 2.21. The molecule has 1 saturated heterocycles. The number of carbonyl (C=O) groups is 1. The number of nitrogens with zero attached hydrogens (tertiary/aromatic N) is 1. The zero-order valence-corrected chi connectivity index (χ0v) is 9.25. The van der Waals surface area contributed by atoms with Gasteiger partial charge in [-0.05, 0) is 40.0 Å². The van der Waals surface area contributed by atoms with E-state index in [1.165, 1.54) is 0 Å². The van der Waals surface area contributed by atoms with Crippen LogP contribution in [0.1, 0.15) is 40.0 Å². The Kier molecular flexibility index (Phi) is 3.50. The van der Waals surface area contributed by atoms with E-state index in [9.17, 15) is 4.79 Å². The summed E-state index contributed by atoms with van der Waals surface area (Å²) in [7, 11) is 0. The van der Waals surface area contributed by atoms with Crippen LogP contribution in [0.4, 0.5) is 0 Å². The van der Waals surface area contributed by atoms with Gasteiger partial charge in [-0.25, -0.2) is 0 Å². The van der Waals surface area contributed by atoms with E-state index < -0.39 is 0 Å². The molecule has 0 aromatic rings. The average Bonchev–Trinajstić information content (AvgIpc) is 2.01. The third-order valence-electron chi connectivity index (χ3n) is 2.17. The monoisotopic (exact) mass is 200 g/mol. The Hall–Kier alpha value is -0.610. The van der Waals surface area contributed by atoms with Crippen LogP contribution in [0.15, 0.2) is 0 Å². The normalized spacial score (nSPS) is 24.9. The van der Waals surface area contributed by atoms with E-state index in [0.29, 0.717) is 0 Å². The van der Waals surface area contributed by atoms with Gasteiger partial charge in [-0.15, -0.1) is 0 Å². The van der Waals surface area contributed by atoms with Crippen molar-refractivity contribution in [2.75, 3.05) is 6.54 Å². The minimum absolute atomic E-state index is 0.247. The van der Waals surface area contributed by atoms with Crippen molar-refractivity contribution in [1.29, 1.82) is 0 Å². The summed E-state index contributed by atoms with van der Waals surface area (Å²) in [4.78, 5) is 16.8. The van der Waals surface area contributed by atoms with E-state index >= 15 is 0 Å². The molecular formula is C10H20N2O2. The number of nitrogens with two attached hydrogens (primary N) is 1. The van der Waals surface area contributed by atoms with E-state index in [1.807, 2.05) is 20.8 Å². The molecule has 1 fully saturated rings. The number of carbonyl (C=O) groups excluding carboxylic acids is 1. The fraction of sp³-hybridized carbons (Fsp3) is 0.900. The Morgan fingerprint density at radius 1 is 1.43 bits per heavy atom. The lowest BCUT2D eigenvalue weighted by molar-refractivity contribution is -0.253. The fourth-order valence-electron chi connectivity index (χ4n) is 1.65. The van der Waals surface area contributed by atoms with Crippen molar-refractivity contribution in [3.05, 3.63) is 0 Å². The van der Waals surface area contributed by atoms with E-state index in [4.69, 9.17) is 10.6 Å². The smallest absolute Gasteiger partial charge is 0.237 e. The molecule has 82 valence electrons. The lowest BCUT2D eigenvalue weighted by Crippen LogP contribution is -2.50. The highest BCUT2D eigenvalue weighted by molar-refractivity contribution is 5.79. The van der Waals surface area contributed by atoms with Crippen molar-refractivity contribution in [2.45, 2.75) is 51.7 Å². The van der Waals surface area contributed by atoms with Crippen LogP contribution < -0.4 is 5.73 Å². The molecule has 0 bridgehead atoms. The number of rotatable bonds is 2. The Bertz CT molecular complexity index is 211. The second-order valence-corrected chi connectivity index (χ2v) is 4.76. The molecule has 0 aromatic carbocycles. The Balaban J connectivity index is 2.59. The minimum atomic E-state index is -0.283. The van der Waals surface area contributed by atoms with E-state index in [2.05, 4.69) is 0 Å². The van der Waals surface area contributed by atoms with Crippen LogP contribution in [0.3, 0.4) is 0 Å². The highest BCUT2D eigenvalue weighted by Gasteiger charge is 2.30. The quantitative estimate of drug-likeness (QED) is 0.725. The molecule has 0 spiro atoms. The first-order valence-corrected chi connectivity index (χ1v) is 5.15. The van der Waals surface area contributed by atoms with Gasteiger partial charge < -0.3 is 5.73 Å². The van der Waals surface area contributed by atoms with Crippen LogP contribution in [0, 0.1) is 0 Å². The van der Waals surface area contributed by atoms with Crippen molar-refractivity contribution in [1.82, 2.24) is 5.06 Å². The standard InChI is InChI=1S/C10H20N2O2/c1-10(2,3)14-12-7-5-4-6-8(12)9(11)13/h8H,4-7H2,1-3H3,(H2,11,13). The van der Waals surface area contributed by atoms with Crippen LogP contribution in [-0.4, -0.2) is 29.2 Å². The maximum Gasteiger partial charge on any atom is 0.237 e. The van der Waals surface area contributed by atoms with Gasteiger partial charge in [0.2, 0.25) is 5.91 Å². The van der Waals surface area contributed by atoms with E-state index in [1.54, 1.807) is 5.06 Å². The summed E-state index contributed by atoms with van der Waals surface area (Å²) in [5.74, 6) is -0.283. The zero-order valence-electron chi connectivity index (χ0n) is 9.25. The van der Waals surface area contributed by atoms with Crippen molar-refractivity contribution >= 4 is 5.91 Å². The molecule has 4 nitrogen and oxygen atoms in total. The van der Waals surface area contributed by atoms with Crippen LogP contribution in [0.2, 0.25) is 0 Å². The molecule has 1 aliphatic rings. The maximum atomic E-state index is 11.2. The number of hydrogen-bond donors (Lipinski definition) is 1. The lowest BCUT2D eigenvalue weighted by atomic mass is 10.0. The second-order valence-electron chi connectivity index (χ2n) is 4.76.